The molecule has 28 heavy (non-hydrogen) atoms. The lowest BCUT2D eigenvalue weighted by Crippen LogP contribution is -2.52. The molecule has 0 bridgehead atoms. The van der Waals surface area contributed by atoms with Gasteiger partial charge < -0.3 is 15.4 Å². The largest absolute Gasteiger partial charge is 0.493 e. The van der Waals surface area contributed by atoms with Gasteiger partial charge in [0, 0.05) is 18.5 Å². The number of nitrogens with zero attached hydrogens (tertiary/aromatic N) is 1. The molecule has 0 saturated heterocycles. The summed E-state index contributed by atoms with van der Waals surface area (Å²) < 4.78 is 6.19. The topological polar surface area (TPSA) is 55.6 Å². The van der Waals surface area contributed by atoms with Crippen LogP contribution in [0.3, 0.4) is 0 Å². The van der Waals surface area contributed by atoms with Crippen molar-refractivity contribution in [2.24, 2.45) is 17.6 Å². The summed E-state index contributed by atoms with van der Waals surface area (Å²) in [5.74, 6) is 1.96. The third-order valence-electron chi connectivity index (χ3n) is 6.88. The Morgan fingerprint density at radius 3 is 2.50 bits per heavy atom. The quantitative estimate of drug-likeness (QED) is 0.810. The van der Waals surface area contributed by atoms with Gasteiger partial charge in [-0.3, -0.25) is 4.79 Å². The number of carbonyl (C=O) groups excluding carboxylic acids is 1. The van der Waals surface area contributed by atoms with E-state index in [4.69, 9.17) is 10.5 Å². The van der Waals surface area contributed by atoms with Crippen LogP contribution in [0, 0.1) is 11.8 Å². The van der Waals surface area contributed by atoms with Crippen molar-refractivity contribution >= 4 is 16.7 Å². The molecule has 0 heterocycles. The molecule has 2 aromatic rings. The molecule has 2 aliphatic rings. The van der Waals surface area contributed by atoms with Gasteiger partial charge >= 0.3 is 0 Å². The molecule has 2 fully saturated rings. The maximum Gasteiger partial charge on any atom is 0.239 e. The number of fused-ring (bicyclic) bond motifs is 1. The number of ether oxygens (including phenoxy) is 1. The van der Waals surface area contributed by atoms with Gasteiger partial charge in [-0.25, -0.2) is 0 Å². The summed E-state index contributed by atoms with van der Waals surface area (Å²) in [5, 5.41) is 2.38. The fourth-order valence-electron chi connectivity index (χ4n) is 4.63. The molecule has 2 aromatic carbocycles. The van der Waals surface area contributed by atoms with Gasteiger partial charge in [-0.05, 0) is 68.2 Å². The summed E-state index contributed by atoms with van der Waals surface area (Å²) in [6, 6.07) is 14.6. The maximum absolute atomic E-state index is 12.7. The van der Waals surface area contributed by atoms with E-state index in [0.717, 1.165) is 50.9 Å². The van der Waals surface area contributed by atoms with E-state index in [9.17, 15) is 4.79 Å². The highest BCUT2D eigenvalue weighted by atomic mass is 16.5. The molecule has 1 unspecified atom stereocenters. The Balaban J connectivity index is 1.27. The highest BCUT2D eigenvalue weighted by molar-refractivity contribution is 5.88. The fourth-order valence-corrected chi connectivity index (χ4v) is 4.63. The van der Waals surface area contributed by atoms with E-state index in [1.807, 2.05) is 11.9 Å². The van der Waals surface area contributed by atoms with E-state index in [-0.39, 0.29) is 11.9 Å². The molecule has 0 spiro atoms. The van der Waals surface area contributed by atoms with Gasteiger partial charge in [0.2, 0.25) is 5.91 Å². The third-order valence-corrected chi connectivity index (χ3v) is 6.88. The molecule has 0 radical (unpaired) electrons. The zero-order valence-electron chi connectivity index (χ0n) is 16.8. The van der Waals surface area contributed by atoms with Crippen LogP contribution in [0.1, 0.15) is 44.9 Å². The van der Waals surface area contributed by atoms with Crippen LogP contribution in [0.4, 0.5) is 0 Å². The van der Waals surface area contributed by atoms with E-state index in [2.05, 4.69) is 42.5 Å². The number of rotatable bonds is 6. The summed E-state index contributed by atoms with van der Waals surface area (Å²) in [6.45, 7) is 0.742. The van der Waals surface area contributed by atoms with Gasteiger partial charge in [-0.15, -0.1) is 0 Å². The minimum absolute atomic E-state index is 0.139. The summed E-state index contributed by atoms with van der Waals surface area (Å²) in [4.78, 5) is 14.6. The van der Waals surface area contributed by atoms with Crippen LogP contribution in [0.2, 0.25) is 0 Å². The predicted molar refractivity (Wildman–Crippen MR) is 113 cm³/mol. The number of nitrogens with two attached hydrogens (primary N) is 1. The Morgan fingerprint density at radius 2 is 1.79 bits per heavy atom. The van der Waals surface area contributed by atoms with Gasteiger partial charge in [0.1, 0.15) is 5.75 Å². The molecule has 2 N–H and O–H groups in total. The van der Waals surface area contributed by atoms with Crippen LogP contribution >= 0.6 is 0 Å². The number of benzene rings is 2. The van der Waals surface area contributed by atoms with E-state index < -0.39 is 0 Å². The second-order valence-electron chi connectivity index (χ2n) is 8.63. The molecular weight excluding hydrogens is 348 g/mol. The number of hydrogen-bond acceptors (Lipinski definition) is 3. The Labute approximate surface area is 168 Å². The monoisotopic (exact) mass is 380 g/mol. The molecule has 1 atom stereocenters. The van der Waals surface area contributed by atoms with Gasteiger partial charge in [-0.2, -0.15) is 0 Å². The molecule has 2 aliphatic carbocycles. The smallest absolute Gasteiger partial charge is 0.239 e. The average Bonchev–Trinajstić information content (AvgIpc) is 2.70. The number of hydrogen-bond donors (Lipinski definition) is 1. The molecule has 4 rings (SSSR count). The SMILES string of the molecule is CN(C(=O)C(N)C1CCC(COc2cccc3ccccc23)CC1)C1CCC1. The number of amides is 1. The highest BCUT2D eigenvalue weighted by Gasteiger charge is 2.34. The summed E-state index contributed by atoms with van der Waals surface area (Å²) in [5.41, 5.74) is 6.36. The third kappa shape index (κ3) is 4.02. The lowest BCUT2D eigenvalue weighted by atomic mass is 9.78. The zero-order valence-corrected chi connectivity index (χ0v) is 16.8. The number of likely N-dealkylation sites (N-methyl/N-ethyl adjacent to an activating group) is 1. The molecule has 4 heteroatoms. The summed E-state index contributed by atoms with van der Waals surface area (Å²) in [7, 11) is 1.93. The standard InChI is InChI=1S/C24H32N2O2/c1-26(20-8-5-9-20)24(27)23(25)19-14-12-17(13-15-19)16-28-22-11-4-7-18-6-2-3-10-21(18)22/h2-4,6-7,10-11,17,19-20,23H,5,8-9,12-16,25H2,1H3. The molecule has 1 amide bonds. The van der Waals surface area contributed by atoms with Crippen LogP contribution in [0.5, 0.6) is 5.75 Å². The van der Waals surface area contributed by atoms with Crippen molar-refractivity contribution in [3.8, 4) is 5.75 Å². The van der Waals surface area contributed by atoms with Crippen molar-refractivity contribution in [2.75, 3.05) is 13.7 Å². The van der Waals surface area contributed by atoms with Crippen molar-refractivity contribution in [1.82, 2.24) is 4.90 Å². The van der Waals surface area contributed by atoms with E-state index in [0.29, 0.717) is 17.9 Å². The Kier molecular flexibility index (Phi) is 5.86. The summed E-state index contributed by atoms with van der Waals surface area (Å²) >= 11 is 0. The van der Waals surface area contributed by atoms with Gasteiger partial charge in [0.15, 0.2) is 0 Å². The van der Waals surface area contributed by atoms with Crippen LogP contribution < -0.4 is 10.5 Å². The fraction of sp³-hybridized carbons (Fsp3) is 0.542. The molecule has 4 nitrogen and oxygen atoms in total. The maximum atomic E-state index is 12.7. The van der Waals surface area contributed by atoms with Crippen LogP contribution in [0.15, 0.2) is 42.5 Å². The van der Waals surface area contributed by atoms with Crippen LogP contribution in [0.25, 0.3) is 10.8 Å². The summed E-state index contributed by atoms with van der Waals surface area (Å²) in [6.07, 6.45) is 7.72. The van der Waals surface area contributed by atoms with E-state index >= 15 is 0 Å². The van der Waals surface area contributed by atoms with E-state index in [1.54, 1.807) is 0 Å². The molecule has 2 saturated carbocycles. The Morgan fingerprint density at radius 1 is 1.07 bits per heavy atom. The van der Waals surface area contributed by atoms with E-state index in [1.165, 1.54) is 17.2 Å². The first-order valence-electron chi connectivity index (χ1n) is 10.8. The van der Waals surface area contributed by atoms with Crippen molar-refractivity contribution in [1.29, 1.82) is 0 Å². The second kappa shape index (κ2) is 8.52. The highest BCUT2D eigenvalue weighted by Crippen LogP contribution is 2.33. The van der Waals surface area contributed by atoms with Crippen LogP contribution in [-0.2, 0) is 4.79 Å². The van der Waals surface area contributed by atoms with Crippen molar-refractivity contribution < 1.29 is 9.53 Å². The Bertz CT molecular complexity index is 804. The van der Waals surface area contributed by atoms with Crippen molar-refractivity contribution in [2.45, 2.75) is 57.0 Å². The molecule has 0 aromatic heterocycles. The zero-order chi connectivity index (χ0) is 19.5. The minimum atomic E-state index is -0.342. The first-order chi connectivity index (χ1) is 13.6. The minimum Gasteiger partial charge on any atom is -0.493 e. The van der Waals surface area contributed by atoms with Crippen molar-refractivity contribution in [3.05, 3.63) is 42.5 Å². The predicted octanol–water partition coefficient (Wildman–Crippen LogP) is 4.36. The molecule has 150 valence electrons. The van der Waals surface area contributed by atoms with Crippen LogP contribution in [-0.4, -0.2) is 36.5 Å². The van der Waals surface area contributed by atoms with Gasteiger partial charge in [-0.1, -0.05) is 36.4 Å². The molecule has 0 aliphatic heterocycles. The van der Waals surface area contributed by atoms with Gasteiger partial charge in [0.25, 0.3) is 0 Å². The van der Waals surface area contributed by atoms with Crippen molar-refractivity contribution in [3.63, 3.8) is 0 Å². The first kappa shape index (κ1) is 19.3. The average molecular weight is 381 g/mol. The lowest BCUT2D eigenvalue weighted by Gasteiger charge is -2.38. The Hall–Kier alpha value is -2.07. The normalized spacial score (nSPS) is 23.8. The first-order valence-corrected chi connectivity index (χ1v) is 10.8. The van der Waals surface area contributed by atoms with Gasteiger partial charge in [0.05, 0.1) is 12.6 Å². The number of carbonyl (C=O) groups is 1. The molecular formula is C24H32N2O2. The second-order valence-corrected chi connectivity index (χ2v) is 8.63. The lowest BCUT2D eigenvalue weighted by molar-refractivity contribution is -0.136.